The van der Waals surface area contributed by atoms with Gasteiger partial charge in [-0.05, 0) is 24.6 Å². The summed E-state index contributed by atoms with van der Waals surface area (Å²) in [4.78, 5) is 0.272. The molecule has 0 amide bonds. The molecular weight excluding hydrogens is 352 g/mol. The highest BCUT2D eigenvalue weighted by Crippen LogP contribution is 2.22. The highest BCUT2D eigenvalue weighted by molar-refractivity contribution is 7.98. The zero-order chi connectivity index (χ0) is 17.6. The molecule has 0 aliphatic carbocycles. The summed E-state index contributed by atoms with van der Waals surface area (Å²) in [5.41, 5.74) is -0.0241. The van der Waals surface area contributed by atoms with E-state index in [0.717, 1.165) is 0 Å². The fraction of sp³-hybridized carbons (Fsp3) is 0.200. The number of benzene rings is 2. The number of nitrogens with one attached hydrogen (secondary N) is 1. The summed E-state index contributed by atoms with van der Waals surface area (Å²) in [6.07, 6.45) is 0.652. The van der Waals surface area contributed by atoms with E-state index in [-0.39, 0.29) is 22.1 Å². The van der Waals surface area contributed by atoms with Crippen molar-refractivity contribution in [2.75, 3.05) is 6.61 Å². The van der Waals surface area contributed by atoms with Crippen molar-refractivity contribution in [1.29, 1.82) is 0 Å². The van der Waals surface area contributed by atoms with E-state index < -0.39 is 26.2 Å². The fourth-order valence-corrected chi connectivity index (χ4v) is 4.85. The third-order valence-electron chi connectivity index (χ3n) is 2.91. The van der Waals surface area contributed by atoms with Crippen LogP contribution in [0.5, 0.6) is 0 Å². The molecule has 0 aliphatic heterocycles. The summed E-state index contributed by atoms with van der Waals surface area (Å²) in [7, 11) is -5.49. The molecule has 2 N–H and O–H groups in total. The summed E-state index contributed by atoms with van der Waals surface area (Å²) in [5, 5.41) is 19.5. The molecule has 0 aromatic heterocycles. The third-order valence-corrected chi connectivity index (χ3v) is 6.23. The summed E-state index contributed by atoms with van der Waals surface area (Å²) in [6.45, 7) is 2.14. The van der Waals surface area contributed by atoms with E-state index in [4.69, 9.17) is 4.18 Å². The Morgan fingerprint density at radius 1 is 1.17 bits per heavy atom. The topological polar surface area (TPSA) is 103 Å². The van der Waals surface area contributed by atoms with Gasteiger partial charge in [0.2, 0.25) is 0 Å². The van der Waals surface area contributed by atoms with Crippen LogP contribution in [0.15, 0.2) is 68.2 Å². The number of hydrogen-bond acceptors (Lipinski definition) is 5. The number of para-hydroxylation sites is 1. The molecule has 0 bridgehead atoms. The quantitative estimate of drug-likeness (QED) is 0.726. The summed E-state index contributed by atoms with van der Waals surface area (Å²) < 4.78 is 34.3. The van der Waals surface area contributed by atoms with Crippen molar-refractivity contribution in [3.63, 3.8) is 0 Å². The molecule has 130 valence electrons. The van der Waals surface area contributed by atoms with Crippen molar-refractivity contribution in [3.8, 4) is 0 Å². The highest BCUT2D eigenvalue weighted by atomic mass is 32.3. The summed E-state index contributed by atoms with van der Waals surface area (Å²) in [6, 6.07) is 13.9. The number of nitrogens with zero attached hydrogens (tertiary/aromatic N) is 1. The zero-order valence-corrected chi connectivity index (χ0v) is 14.6. The van der Waals surface area contributed by atoms with Crippen LogP contribution in [0, 0.1) is 5.21 Å². The standard InChI is InChI=1S/C15H18N2O5S2/c1-2-12-22-23(15-11-7-6-10-14(15)17(18)19)16-24(20,21)13-8-4-3-5-9-13/h3-11,17-18H,2,12H2,1H3. The van der Waals surface area contributed by atoms with Crippen LogP contribution in [-0.4, -0.2) is 20.2 Å². The highest BCUT2D eigenvalue weighted by Gasteiger charge is 2.19. The molecule has 0 spiro atoms. The van der Waals surface area contributed by atoms with Crippen molar-refractivity contribution >= 4 is 26.7 Å². The van der Waals surface area contributed by atoms with Gasteiger partial charge in [0.15, 0.2) is 5.69 Å². The van der Waals surface area contributed by atoms with Crippen LogP contribution in [-0.2, 0) is 25.2 Å². The first-order valence-electron chi connectivity index (χ1n) is 7.18. The van der Waals surface area contributed by atoms with Gasteiger partial charge >= 0.3 is 0 Å². The van der Waals surface area contributed by atoms with Gasteiger partial charge in [0.1, 0.15) is 4.90 Å². The molecule has 0 radical (unpaired) electrons. The van der Waals surface area contributed by atoms with Crippen molar-refractivity contribution in [2.24, 2.45) is 3.77 Å². The van der Waals surface area contributed by atoms with Crippen molar-refractivity contribution in [3.05, 3.63) is 59.8 Å². The van der Waals surface area contributed by atoms with Crippen LogP contribution in [0.3, 0.4) is 0 Å². The molecule has 2 rings (SSSR count). The molecule has 0 saturated carbocycles. The maximum atomic E-state index is 12.5. The first kappa shape index (κ1) is 18.7. The first-order valence-corrected chi connectivity index (χ1v) is 9.73. The third kappa shape index (κ3) is 4.69. The molecular formula is C15H18N2O5S2. The lowest BCUT2D eigenvalue weighted by atomic mass is 10.3. The van der Waals surface area contributed by atoms with Crippen molar-refractivity contribution in [2.45, 2.75) is 23.1 Å². The minimum absolute atomic E-state index is 0.0241. The minimum atomic E-state index is -3.96. The zero-order valence-electron chi connectivity index (χ0n) is 13.0. The second-order valence-corrected chi connectivity index (χ2v) is 7.93. The average molecular weight is 370 g/mol. The molecule has 0 fully saturated rings. The Hall–Kier alpha value is -1.62. The van der Waals surface area contributed by atoms with Crippen LogP contribution in [0.1, 0.15) is 13.3 Å². The fourth-order valence-electron chi connectivity index (χ4n) is 1.81. The van der Waals surface area contributed by atoms with Gasteiger partial charge in [0.25, 0.3) is 10.0 Å². The largest absolute Gasteiger partial charge is 0.595 e. The van der Waals surface area contributed by atoms with E-state index in [9.17, 15) is 18.8 Å². The number of sulfonamides is 1. The minimum Gasteiger partial charge on any atom is -0.595 e. The van der Waals surface area contributed by atoms with Crippen LogP contribution in [0.2, 0.25) is 0 Å². The van der Waals surface area contributed by atoms with E-state index in [1.54, 1.807) is 30.3 Å². The second kappa shape index (κ2) is 8.47. The summed E-state index contributed by atoms with van der Waals surface area (Å²) in [5.74, 6) is 0. The Labute approximate surface area is 143 Å². The molecule has 0 aliphatic rings. The predicted octanol–water partition coefficient (Wildman–Crippen LogP) is 1.98. The van der Waals surface area contributed by atoms with Crippen LogP contribution in [0.4, 0.5) is 5.69 Å². The number of quaternary nitrogens is 1. The van der Waals surface area contributed by atoms with Gasteiger partial charge in [-0.3, -0.25) is 0 Å². The molecule has 2 atom stereocenters. The maximum Gasteiger partial charge on any atom is 0.290 e. The maximum absolute atomic E-state index is 12.5. The van der Waals surface area contributed by atoms with Crippen molar-refractivity contribution < 1.29 is 23.0 Å². The lowest BCUT2D eigenvalue weighted by molar-refractivity contribution is -0.992. The van der Waals surface area contributed by atoms with E-state index in [1.807, 2.05) is 6.92 Å². The van der Waals surface area contributed by atoms with E-state index in [2.05, 4.69) is 3.77 Å². The summed E-state index contributed by atoms with van der Waals surface area (Å²) >= 11 is 0. The molecule has 9 heteroatoms. The van der Waals surface area contributed by atoms with Crippen LogP contribution >= 0.6 is 0 Å². The Morgan fingerprint density at radius 3 is 2.42 bits per heavy atom. The number of rotatable bonds is 7. The Balaban J connectivity index is 2.54. The lowest BCUT2D eigenvalue weighted by Crippen LogP contribution is -2.99. The van der Waals surface area contributed by atoms with E-state index in [1.165, 1.54) is 24.3 Å². The molecule has 7 nitrogen and oxygen atoms in total. The Morgan fingerprint density at radius 2 is 1.79 bits per heavy atom. The van der Waals surface area contributed by atoms with Crippen molar-refractivity contribution in [1.82, 2.24) is 0 Å². The molecule has 0 saturated heterocycles. The smallest absolute Gasteiger partial charge is 0.290 e. The molecule has 2 aromatic carbocycles. The average Bonchev–Trinajstić information content (AvgIpc) is 2.59. The Bertz CT molecular complexity index is 808. The van der Waals surface area contributed by atoms with E-state index in [0.29, 0.717) is 6.42 Å². The van der Waals surface area contributed by atoms with Crippen LogP contribution < -0.4 is 5.23 Å². The monoisotopic (exact) mass is 370 g/mol. The van der Waals surface area contributed by atoms with Gasteiger partial charge in [-0.15, -0.1) is 3.77 Å². The van der Waals surface area contributed by atoms with Gasteiger partial charge in [-0.1, -0.05) is 37.3 Å². The van der Waals surface area contributed by atoms with Gasteiger partial charge in [0.05, 0.1) is 22.5 Å². The predicted molar refractivity (Wildman–Crippen MR) is 90.1 cm³/mol. The number of hydrogen-bond donors (Lipinski definition) is 2. The second-order valence-electron chi connectivity index (χ2n) is 4.74. The SMILES string of the molecule is CCCO/S(=N/S(=O)(=O)c1ccccc1)c1ccccc1[NH+]([O-])O. The van der Waals surface area contributed by atoms with Crippen LogP contribution in [0.25, 0.3) is 0 Å². The van der Waals surface area contributed by atoms with Gasteiger partial charge in [-0.2, -0.15) is 13.6 Å². The molecule has 24 heavy (non-hydrogen) atoms. The molecule has 0 heterocycles. The van der Waals surface area contributed by atoms with Gasteiger partial charge in [0, 0.05) is 6.07 Å². The van der Waals surface area contributed by atoms with Gasteiger partial charge in [-0.25, -0.2) is 5.21 Å². The molecule has 2 aromatic rings. The Kier molecular flexibility index (Phi) is 6.60. The molecule has 2 unspecified atom stereocenters. The first-order chi connectivity index (χ1) is 11.5. The normalized spacial score (nSPS) is 14.5. The lowest BCUT2D eigenvalue weighted by Gasteiger charge is -2.16. The van der Waals surface area contributed by atoms with E-state index >= 15 is 0 Å². The van der Waals surface area contributed by atoms with Gasteiger partial charge < -0.3 is 9.39 Å².